The summed E-state index contributed by atoms with van der Waals surface area (Å²) in [7, 11) is 1.35. The van der Waals surface area contributed by atoms with Crippen LogP contribution in [0.4, 0.5) is 0 Å². The normalized spacial score (nSPS) is 9.56. The van der Waals surface area contributed by atoms with Gasteiger partial charge in [-0.1, -0.05) is 13.0 Å². The highest BCUT2D eigenvalue weighted by Gasteiger charge is 2.07. The van der Waals surface area contributed by atoms with Crippen LogP contribution >= 0.6 is 0 Å². The average molecular weight is 218 g/mol. The Morgan fingerprint density at radius 2 is 2.38 bits per heavy atom. The van der Waals surface area contributed by atoms with Gasteiger partial charge in [-0.25, -0.2) is 0 Å². The minimum atomic E-state index is -0.297. The lowest BCUT2D eigenvalue weighted by Crippen LogP contribution is -2.06. The van der Waals surface area contributed by atoms with Gasteiger partial charge in [-0.2, -0.15) is 5.26 Å². The lowest BCUT2D eigenvalue weighted by molar-refractivity contribution is -0.139. The number of rotatable bonds is 4. The minimum absolute atomic E-state index is 0.200. The second-order valence-electron chi connectivity index (χ2n) is 3.39. The third-order valence-electron chi connectivity index (χ3n) is 2.30. The number of esters is 1. The predicted molar refractivity (Wildman–Crippen MR) is 58.7 cm³/mol. The molecule has 0 aliphatic rings. The van der Waals surface area contributed by atoms with Crippen LogP contribution < -0.4 is 0 Å². The Bertz CT molecular complexity index is 422. The van der Waals surface area contributed by atoms with Crippen molar-refractivity contribution in [2.45, 2.75) is 26.2 Å². The van der Waals surface area contributed by atoms with Gasteiger partial charge in [-0.15, -0.1) is 0 Å². The lowest BCUT2D eigenvalue weighted by atomic mass is 10.1. The van der Waals surface area contributed by atoms with Gasteiger partial charge in [0.25, 0.3) is 0 Å². The third kappa shape index (κ3) is 3.06. The molecule has 1 aromatic heterocycles. The number of hydrogen-bond donors (Lipinski definition) is 0. The van der Waals surface area contributed by atoms with E-state index in [1.807, 2.05) is 13.0 Å². The zero-order valence-electron chi connectivity index (χ0n) is 9.49. The number of nitrogens with zero attached hydrogens (tertiary/aromatic N) is 2. The van der Waals surface area contributed by atoms with Crippen LogP contribution in [0, 0.1) is 11.3 Å². The highest BCUT2D eigenvalue weighted by atomic mass is 16.5. The first kappa shape index (κ1) is 12.2. The Labute approximate surface area is 94.9 Å². The molecule has 84 valence electrons. The number of aromatic nitrogens is 1. The average Bonchev–Trinajstić information content (AvgIpc) is 2.30. The van der Waals surface area contributed by atoms with Crippen LogP contribution in [0.15, 0.2) is 12.3 Å². The van der Waals surface area contributed by atoms with E-state index in [2.05, 4.69) is 15.8 Å². The molecule has 0 amide bonds. The van der Waals surface area contributed by atoms with Crippen molar-refractivity contribution in [2.75, 3.05) is 7.11 Å². The fourth-order valence-electron chi connectivity index (χ4n) is 1.48. The van der Waals surface area contributed by atoms with Crippen LogP contribution in [0.2, 0.25) is 0 Å². The van der Waals surface area contributed by atoms with Crippen LogP contribution in [0.1, 0.15) is 23.7 Å². The van der Waals surface area contributed by atoms with Crippen molar-refractivity contribution in [2.24, 2.45) is 0 Å². The molecule has 1 rings (SSSR count). The maximum absolute atomic E-state index is 11.1. The summed E-state index contributed by atoms with van der Waals surface area (Å²) in [5.41, 5.74) is 2.59. The van der Waals surface area contributed by atoms with E-state index in [4.69, 9.17) is 5.26 Å². The lowest BCUT2D eigenvalue weighted by Gasteiger charge is -2.06. The summed E-state index contributed by atoms with van der Waals surface area (Å²) in [6, 6.07) is 3.95. The number of pyridine rings is 1. The summed E-state index contributed by atoms with van der Waals surface area (Å²) < 4.78 is 4.58. The first-order valence-electron chi connectivity index (χ1n) is 5.11. The van der Waals surface area contributed by atoms with Crippen molar-refractivity contribution in [3.05, 3.63) is 29.1 Å². The van der Waals surface area contributed by atoms with Gasteiger partial charge >= 0.3 is 5.97 Å². The molecule has 0 fully saturated rings. The Balaban J connectivity index is 2.93. The van der Waals surface area contributed by atoms with E-state index in [-0.39, 0.29) is 12.4 Å². The first-order chi connectivity index (χ1) is 7.71. The number of nitriles is 1. The SMILES string of the molecule is CCc1ncc(CC(=O)OC)cc1CC#N. The molecule has 4 nitrogen and oxygen atoms in total. The number of methoxy groups -OCH3 is 1. The summed E-state index contributed by atoms with van der Waals surface area (Å²) in [5.74, 6) is -0.297. The van der Waals surface area contributed by atoms with E-state index in [1.165, 1.54) is 7.11 Å². The number of carbonyl (C=O) groups is 1. The van der Waals surface area contributed by atoms with Crippen molar-refractivity contribution in [3.63, 3.8) is 0 Å². The van der Waals surface area contributed by atoms with E-state index in [0.29, 0.717) is 6.42 Å². The van der Waals surface area contributed by atoms with Gasteiger partial charge in [0, 0.05) is 11.9 Å². The maximum Gasteiger partial charge on any atom is 0.310 e. The molecule has 0 atom stereocenters. The number of carbonyl (C=O) groups excluding carboxylic acids is 1. The molecule has 1 heterocycles. The summed E-state index contributed by atoms with van der Waals surface area (Å²) in [6.07, 6.45) is 2.98. The molecule has 16 heavy (non-hydrogen) atoms. The Morgan fingerprint density at radius 3 is 2.94 bits per heavy atom. The largest absolute Gasteiger partial charge is 0.469 e. The molecule has 0 saturated carbocycles. The fraction of sp³-hybridized carbons (Fsp3) is 0.417. The molecule has 0 saturated heterocycles. The Kier molecular flexibility index (Phi) is 4.46. The van der Waals surface area contributed by atoms with Gasteiger partial charge < -0.3 is 4.74 Å². The first-order valence-corrected chi connectivity index (χ1v) is 5.11. The topological polar surface area (TPSA) is 63.0 Å². The molecule has 0 bridgehead atoms. The van der Waals surface area contributed by atoms with Crippen molar-refractivity contribution in [3.8, 4) is 6.07 Å². The number of ether oxygens (including phenoxy) is 1. The number of aryl methyl sites for hydroxylation is 1. The molecule has 1 aromatic rings. The molecule has 0 aliphatic carbocycles. The third-order valence-corrected chi connectivity index (χ3v) is 2.30. The zero-order valence-corrected chi connectivity index (χ0v) is 9.49. The van der Waals surface area contributed by atoms with Crippen LogP contribution in [0.5, 0.6) is 0 Å². The van der Waals surface area contributed by atoms with Crippen LogP contribution in [0.25, 0.3) is 0 Å². The summed E-state index contributed by atoms with van der Waals surface area (Å²) in [5, 5.41) is 8.69. The van der Waals surface area contributed by atoms with Gasteiger partial charge in [-0.3, -0.25) is 9.78 Å². The van der Waals surface area contributed by atoms with Gasteiger partial charge in [0.1, 0.15) is 0 Å². The minimum Gasteiger partial charge on any atom is -0.469 e. The molecule has 0 radical (unpaired) electrons. The van der Waals surface area contributed by atoms with E-state index in [1.54, 1.807) is 6.20 Å². The molecule has 0 aromatic carbocycles. The second kappa shape index (κ2) is 5.86. The predicted octanol–water partition coefficient (Wildman–Crippen LogP) is 1.43. The quantitative estimate of drug-likeness (QED) is 0.717. The maximum atomic E-state index is 11.1. The molecule has 0 spiro atoms. The smallest absolute Gasteiger partial charge is 0.310 e. The van der Waals surface area contributed by atoms with Gasteiger partial charge in [-0.05, 0) is 17.5 Å². The van der Waals surface area contributed by atoms with Crippen molar-refractivity contribution >= 4 is 5.97 Å². The molecular formula is C12H14N2O2. The number of hydrogen-bond acceptors (Lipinski definition) is 4. The van der Waals surface area contributed by atoms with Gasteiger partial charge in [0.2, 0.25) is 0 Å². The van der Waals surface area contributed by atoms with E-state index < -0.39 is 0 Å². The van der Waals surface area contributed by atoms with Crippen molar-refractivity contribution < 1.29 is 9.53 Å². The van der Waals surface area contributed by atoms with Gasteiger partial charge in [0.05, 0.1) is 26.0 Å². The molecule has 0 aliphatic heterocycles. The second-order valence-corrected chi connectivity index (χ2v) is 3.39. The van der Waals surface area contributed by atoms with E-state index in [0.717, 1.165) is 23.2 Å². The molecule has 0 unspecified atom stereocenters. The molecule has 0 N–H and O–H groups in total. The monoisotopic (exact) mass is 218 g/mol. The van der Waals surface area contributed by atoms with E-state index in [9.17, 15) is 4.79 Å². The highest BCUT2D eigenvalue weighted by molar-refractivity contribution is 5.72. The summed E-state index contributed by atoms with van der Waals surface area (Å²) in [6.45, 7) is 1.99. The Hall–Kier alpha value is -1.89. The van der Waals surface area contributed by atoms with Crippen LogP contribution in [-0.4, -0.2) is 18.1 Å². The molecular weight excluding hydrogens is 204 g/mol. The summed E-state index contributed by atoms with van der Waals surface area (Å²) >= 11 is 0. The van der Waals surface area contributed by atoms with E-state index >= 15 is 0 Å². The molecule has 4 heteroatoms. The van der Waals surface area contributed by atoms with Crippen molar-refractivity contribution in [1.29, 1.82) is 5.26 Å². The summed E-state index contributed by atoms with van der Waals surface area (Å²) in [4.78, 5) is 15.3. The van der Waals surface area contributed by atoms with Gasteiger partial charge in [0.15, 0.2) is 0 Å². The van der Waals surface area contributed by atoms with Crippen molar-refractivity contribution in [1.82, 2.24) is 4.98 Å². The highest BCUT2D eigenvalue weighted by Crippen LogP contribution is 2.11. The van der Waals surface area contributed by atoms with Crippen LogP contribution in [-0.2, 0) is 28.8 Å². The standard InChI is InChI=1S/C12H14N2O2/c1-3-11-10(4-5-13)6-9(8-14-11)7-12(15)16-2/h6,8H,3-4,7H2,1-2H3. The Morgan fingerprint density at radius 1 is 1.62 bits per heavy atom. The zero-order chi connectivity index (χ0) is 12.0. The fourth-order valence-corrected chi connectivity index (χ4v) is 1.48. The van der Waals surface area contributed by atoms with Crippen LogP contribution in [0.3, 0.4) is 0 Å².